The zero-order valence-corrected chi connectivity index (χ0v) is 13.2. The molecule has 2 atom stereocenters. The summed E-state index contributed by atoms with van der Waals surface area (Å²) in [5.74, 6) is 1.31. The lowest BCUT2D eigenvalue weighted by molar-refractivity contribution is 0.708. The van der Waals surface area contributed by atoms with Crippen LogP contribution in [0.25, 0.3) is 0 Å². The first-order valence-electron chi connectivity index (χ1n) is 7.64. The molecule has 0 radical (unpaired) electrons. The second-order valence-corrected chi connectivity index (χ2v) is 5.28. The standard InChI is InChI=1S/C10H14.C9H13N/c1-3-9(2)10-7-5-4-6-8-10;1-3-8(2)9-6-4-5-7-10-9/h4-9H,3H2,1-2H3;4-8H,3H2,1-2H3. The third-order valence-electron chi connectivity index (χ3n) is 3.79. The van der Waals surface area contributed by atoms with Crippen molar-refractivity contribution in [2.45, 2.75) is 52.4 Å². The van der Waals surface area contributed by atoms with Crippen LogP contribution in [0.15, 0.2) is 54.7 Å². The summed E-state index contributed by atoms with van der Waals surface area (Å²) < 4.78 is 0. The van der Waals surface area contributed by atoms with Crippen LogP contribution in [0.4, 0.5) is 0 Å². The highest BCUT2D eigenvalue weighted by molar-refractivity contribution is 5.18. The molecule has 0 spiro atoms. The largest absolute Gasteiger partial charge is 0.261 e. The van der Waals surface area contributed by atoms with Crippen LogP contribution in [0.3, 0.4) is 0 Å². The van der Waals surface area contributed by atoms with Gasteiger partial charge in [0.05, 0.1) is 0 Å². The lowest BCUT2D eigenvalue weighted by atomic mass is 9.99. The highest BCUT2D eigenvalue weighted by atomic mass is 14.7. The molecule has 0 saturated carbocycles. The SMILES string of the molecule is CCC(C)c1ccccc1.CCC(C)c1ccccn1. The highest BCUT2D eigenvalue weighted by Crippen LogP contribution is 2.17. The third kappa shape index (κ3) is 5.56. The molecule has 1 aromatic carbocycles. The zero-order chi connectivity index (χ0) is 14.8. The number of hydrogen-bond donors (Lipinski definition) is 0. The van der Waals surface area contributed by atoms with Gasteiger partial charge in [-0.2, -0.15) is 0 Å². The van der Waals surface area contributed by atoms with Crippen molar-refractivity contribution in [2.24, 2.45) is 0 Å². The Morgan fingerprint density at radius 2 is 1.40 bits per heavy atom. The van der Waals surface area contributed by atoms with Gasteiger partial charge < -0.3 is 0 Å². The average molecular weight is 269 g/mol. The van der Waals surface area contributed by atoms with Crippen molar-refractivity contribution in [1.29, 1.82) is 0 Å². The fraction of sp³-hybridized carbons (Fsp3) is 0.421. The summed E-state index contributed by atoms with van der Waals surface area (Å²) >= 11 is 0. The van der Waals surface area contributed by atoms with Crippen LogP contribution in [-0.4, -0.2) is 4.98 Å². The summed E-state index contributed by atoms with van der Waals surface area (Å²) in [5.41, 5.74) is 2.65. The molecule has 0 N–H and O–H groups in total. The van der Waals surface area contributed by atoms with Gasteiger partial charge in [0.2, 0.25) is 0 Å². The van der Waals surface area contributed by atoms with Gasteiger partial charge in [-0.3, -0.25) is 4.98 Å². The van der Waals surface area contributed by atoms with Gasteiger partial charge in [0, 0.05) is 11.9 Å². The molecular formula is C19H27N. The van der Waals surface area contributed by atoms with Gasteiger partial charge in [0.15, 0.2) is 0 Å². The smallest absolute Gasteiger partial charge is 0.0431 e. The van der Waals surface area contributed by atoms with Crippen LogP contribution in [-0.2, 0) is 0 Å². The number of nitrogens with zero attached hydrogens (tertiary/aromatic N) is 1. The number of pyridine rings is 1. The van der Waals surface area contributed by atoms with Crippen LogP contribution in [0, 0.1) is 0 Å². The van der Waals surface area contributed by atoms with Crippen molar-refractivity contribution in [3.8, 4) is 0 Å². The van der Waals surface area contributed by atoms with Gasteiger partial charge in [-0.25, -0.2) is 0 Å². The second kappa shape index (κ2) is 9.30. The van der Waals surface area contributed by atoms with E-state index in [1.807, 2.05) is 18.3 Å². The molecule has 0 bridgehead atoms. The molecule has 1 heteroatoms. The van der Waals surface area contributed by atoms with Crippen molar-refractivity contribution < 1.29 is 0 Å². The molecule has 0 aliphatic heterocycles. The first kappa shape index (κ1) is 16.4. The normalized spacial score (nSPS) is 13.0. The van der Waals surface area contributed by atoms with E-state index in [9.17, 15) is 0 Å². The maximum Gasteiger partial charge on any atom is 0.0431 e. The van der Waals surface area contributed by atoms with E-state index in [2.05, 4.69) is 69.1 Å². The van der Waals surface area contributed by atoms with E-state index in [1.54, 1.807) is 0 Å². The van der Waals surface area contributed by atoms with Crippen molar-refractivity contribution >= 4 is 0 Å². The number of rotatable bonds is 4. The fourth-order valence-corrected chi connectivity index (χ4v) is 1.89. The predicted octanol–water partition coefficient (Wildman–Crippen LogP) is 5.80. The summed E-state index contributed by atoms with van der Waals surface area (Å²) in [5, 5.41) is 0. The minimum absolute atomic E-state index is 0.598. The lowest BCUT2D eigenvalue weighted by Crippen LogP contribution is -1.93. The molecule has 0 aliphatic carbocycles. The van der Waals surface area contributed by atoms with Crippen LogP contribution >= 0.6 is 0 Å². The number of aromatic nitrogens is 1. The molecule has 2 aromatic rings. The van der Waals surface area contributed by atoms with Crippen molar-refractivity contribution in [1.82, 2.24) is 4.98 Å². The maximum atomic E-state index is 4.25. The summed E-state index contributed by atoms with van der Waals surface area (Å²) in [6, 6.07) is 16.7. The second-order valence-electron chi connectivity index (χ2n) is 5.28. The Morgan fingerprint density at radius 3 is 1.90 bits per heavy atom. The summed E-state index contributed by atoms with van der Waals surface area (Å²) in [4.78, 5) is 4.25. The van der Waals surface area contributed by atoms with Crippen LogP contribution in [0.1, 0.15) is 63.6 Å². The Labute approximate surface area is 124 Å². The van der Waals surface area contributed by atoms with E-state index in [1.165, 1.54) is 17.7 Å². The number of hydrogen-bond acceptors (Lipinski definition) is 1. The fourth-order valence-electron chi connectivity index (χ4n) is 1.89. The quantitative estimate of drug-likeness (QED) is 0.684. The van der Waals surface area contributed by atoms with E-state index < -0.39 is 0 Å². The minimum atomic E-state index is 0.598. The first-order chi connectivity index (χ1) is 9.69. The summed E-state index contributed by atoms with van der Waals surface area (Å²) in [6.07, 6.45) is 4.24. The van der Waals surface area contributed by atoms with E-state index in [0.29, 0.717) is 11.8 Å². The van der Waals surface area contributed by atoms with E-state index in [0.717, 1.165) is 6.42 Å². The van der Waals surface area contributed by atoms with Gasteiger partial charge >= 0.3 is 0 Å². The van der Waals surface area contributed by atoms with Crippen molar-refractivity contribution in [3.63, 3.8) is 0 Å². The van der Waals surface area contributed by atoms with Crippen molar-refractivity contribution in [3.05, 3.63) is 66.0 Å². The first-order valence-corrected chi connectivity index (χ1v) is 7.64. The molecule has 1 nitrogen and oxygen atoms in total. The Morgan fingerprint density at radius 1 is 0.800 bits per heavy atom. The van der Waals surface area contributed by atoms with E-state index >= 15 is 0 Å². The van der Waals surface area contributed by atoms with Crippen LogP contribution in [0.2, 0.25) is 0 Å². The van der Waals surface area contributed by atoms with Gasteiger partial charge in [0.25, 0.3) is 0 Å². The molecule has 2 unspecified atom stereocenters. The van der Waals surface area contributed by atoms with E-state index in [-0.39, 0.29) is 0 Å². The van der Waals surface area contributed by atoms with Crippen molar-refractivity contribution in [2.75, 3.05) is 0 Å². The lowest BCUT2D eigenvalue weighted by Gasteiger charge is -2.06. The molecule has 108 valence electrons. The molecule has 0 amide bonds. The summed E-state index contributed by atoms with van der Waals surface area (Å²) in [6.45, 7) is 8.86. The van der Waals surface area contributed by atoms with E-state index in [4.69, 9.17) is 0 Å². The molecule has 1 heterocycles. The van der Waals surface area contributed by atoms with Crippen LogP contribution < -0.4 is 0 Å². The third-order valence-corrected chi connectivity index (χ3v) is 3.79. The molecule has 20 heavy (non-hydrogen) atoms. The molecule has 0 saturated heterocycles. The zero-order valence-electron chi connectivity index (χ0n) is 13.2. The highest BCUT2D eigenvalue weighted by Gasteiger charge is 2.01. The minimum Gasteiger partial charge on any atom is -0.261 e. The predicted molar refractivity (Wildman–Crippen MR) is 88.1 cm³/mol. The molecule has 2 rings (SSSR count). The maximum absolute atomic E-state index is 4.25. The monoisotopic (exact) mass is 269 g/mol. The molecule has 0 fully saturated rings. The Bertz CT molecular complexity index is 404. The Kier molecular flexibility index (Phi) is 7.64. The Balaban J connectivity index is 0.000000200. The summed E-state index contributed by atoms with van der Waals surface area (Å²) in [7, 11) is 0. The van der Waals surface area contributed by atoms with Gasteiger partial charge in [0.1, 0.15) is 0 Å². The average Bonchev–Trinajstić information content (AvgIpc) is 2.55. The molecule has 1 aromatic heterocycles. The number of benzene rings is 1. The van der Waals surface area contributed by atoms with Gasteiger partial charge in [-0.1, -0.05) is 64.1 Å². The molecule has 0 aliphatic rings. The topological polar surface area (TPSA) is 12.9 Å². The molecular weight excluding hydrogens is 242 g/mol. The van der Waals surface area contributed by atoms with Gasteiger partial charge in [-0.05, 0) is 42.4 Å². The Hall–Kier alpha value is -1.63. The van der Waals surface area contributed by atoms with Crippen LogP contribution in [0.5, 0.6) is 0 Å². The van der Waals surface area contributed by atoms with Gasteiger partial charge in [-0.15, -0.1) is 0 Å².